The second-order valence-corrected chi connectivity index (χ2v) is 6.87. The van der Waals surface area contributed by atoms with Gasteiger partial charge in [-0.2, -0.15) is 0 Å². The summed E-state index contributed by atoms with van der Waals surface area (Å²) in [6.45, 7) is 0.949. The van der Waals surface area contributed by atoms with Gasteiger partial charge in [-0.3, -0.25) is 14.1 Å². The maximum Gasteiger partial charge on any atom is 0.258 e. The van der Waals surface area contributed by atoms with E-state index in [-0.39, 0.29) is 5.56 Å². The van der Waals surface area contributed by atoms with E-state index in [2.05, 4.69) is 16.9 Å². The fourth-order valence-corrected chi connectivity index (χ4v) is 3.52. The molecule has 3 rings (SSSR count). The van der Waals surface area contributed by atoms with E-state index in [0.29, 0.717) is 35.8 Å². The fourth-order valence-electron chi connectivity index (χ4n) is 3.36. The number of halogens is 1. The van der Waals surface area contributed by atoms with Gasteiger partial charge in [-0.05, 0) is 50.8 Å². The summed E-state index contributed by atoms with van der Waals surface area (Å²) >= 11 is 5.93. The van der Waals surface area contributed by atoms with Gasteiger partial charge in [0.1, 0.15) is 5.65 Å². The molecule has 1 saturated carbocycles. The van der Waals surface area contributed by atoms with Crippen molar-refractivity contribution in [2.75, 3.05) is 13.7 Å². The number of aromatic nitrogens is 2. The topological polar surface area (TPSA) is 57.8 Å². The normalized spacial score (nSPS) is 21.9. The zero-order valence-electron chi connectivity index (χ0n) is 13.3. The molecular weight excluding hydrogens is 314 g/mol. The minimum atomic E-state index is -0.107. The number of hydrogen-bond acceptors (Lipinski definition) is 4. The van der Waals surface area contributed by atoms with Gasteiger partial charge in [0.25, 0.3) is 5.56 Å². The van der Waals surface area contributed by atoms with Gasteiger partial charge in [0.05, 0.1) is 10.7 Å². The molecule has 2 heterocycles. The lowest BCUT2D eigenvalue weighted by atomic mass is 9.86. The molecule has 0 radical (unpaired) electrons. The highest BCUT2D eigenvalue weighted by Gasteiger charge is 2.23. The summed E-state index contributed by atoms with van der Waals surface area (Å²) in [5, 5.41) is 9.75. The van der Waals surface area contributed by atoms with Crippen LogP contribution >= 0.6 is 11.6 Å². The zero-order valence-corrected chi connectivity index (χ0v) is 14.0. The first-order chi connectivity index (χ1) is 11.1. The summed E-state index contributed by atoms with van der Waals surface area (Å²) in [5.74, 6) is 0.452. The van der Waals surface area contributed by atoms with Crippen LogP contribution in [0.5, 0.6) is 0 Å². The largest absolute Gasteiger partial charge is 0.396 e. The predicted molar refractivity (Wildman–Crippen MR) is 90.8 cm³/mol. The number of hydrogen-bond donors (Lipinski definition) is 1. The minimum absolute atomic E-state index is 0.107. The molecular formula is C17H22ClN3O2. The summed E-state index contributed by atoms with van der Waals surface area (Å²) in [6.07, 6.45) is 5.90. The molecule has 1 fully saturated rings. The van der Waals surface area contributed by atoms with Crippen molar-refractivity contribution in [2.45, 2.75) is 38.3 Å². The number of pyridine rings is 1. The molecule has 124 valence electrons. The summed E-state index contributed by atoms with van der Waals surface area (Å²) in [6, 6.07) is 5.58. The molecule has 1 N–H and O–H groups in total. The Bertz CT molecular complexity index is 738. The SMILES string of the molecule is CN(Cc1cc(=O)n2cc(Cl)ccc2n1)C1CCC(CO)CC1. The van der Waals surface area contributed by atoms with Crippen molar-refractivity contribution in [1.29, 1.82) is 0 Å². The molecule has 5 nitrogen and oxygen atoms in total. The zero-order chi connectivity index (χ0) is 16.4. The Morgan fingerprint density at radius 1 is 1.35 bits per heavy atom. The Kier molecular flexibility index (Phi) is 4.99. The van der Waals surface area contributed by atoms with E-state index in [1.54, 1.807) is 24.4 Å². The average molecular weight is 336 g/mol. The second-order valence-electron chi connectivity index (χ2n) is 6.43. The average Bonchev–Trinajstić information content (AvgIpc) is 2.55. The van der Waals surface area contributed by atoms with Crippen LogP contribution in [0.2, 0.25) is 5.02 Å². The van der Waals surface area contributed by atoms with E-state index < -0.39 is 0 Å². The lowest BCUT2D eigenvalue weighted by Crippen LogP contribution is -2.35. The Labute approximate surface area is 140 Å². The molecule has 1 aliphatic carbocycles. The first-order valence-corrected chi connectivity index (χ1v) is 8.43. The van der Waals surface area contributed by atoms with E-state index in [4.69, 9.17) is 11.6 Å². The smallest absolute Gasteiger partial charge is 0.258 e. The first-order valence-electron chi connectivity index (χ1n) is 8.06. The van der Waals surface area contributed by atoms with E-state index in [9.17, 15) is 9.90 Å². The predicted octanol–water partition coefficient (Wildman–Crippen LogP) is 2.33. The van der Waals surface area contributed by atoms with Gasteiger partial charge >= 0.3 is 0 Å². The lowest BCUT2D eigenvalue weighted by Gasteiger charge is -2.33. The van der Waals surface area contributed by atoms with Gasteiger partial charge in [-0.15, -0.1) is 0 Å². The highest BCUT2D eigenvalue weighted by molar-refractivity contribution is 6.30. The van der Waals surface area contributed by atoms with Crippen molar-refractivity contribution in [3.63, 3.8) is 0 Å². The van der Waals surface area contributed by atoms with Crippen LogP contribution in [0.3, 0.4) is 0 Å². The number of aliphatic hydroxyl groups is 1. The van der Waals surface area contributed by atoms with E-state index in [1.165, 1.54) is 4.40 Å². The van der Waals surface area contributed by atoms with Crippen LogP contribution in [-0.4, -0.2) is 39.1 Å². The second kappa shape index (κ2) is 6.99. The van der Waals surface area contributed by atoms with Crippen LogP contribution in [0.25, 0.3) is 5.65 Å². The fraction of sp³-hybridized carbons (Fsp3) is 0.529. The molecule has 0 spiro atoms. The summed E-state index contributed by atoms with van der Waals surface area (Å²) in [7, 11) is 2.08. The van der Waals surface area contributed by atoms with Crippen LogP contribution in [0, 0.1) is 5.92 Å². The van der Waals surface area contributed by atoms with Crippen molar-refractivity contribution < 1.29 is 5.11 Å². The standard InChI is InChI=1S/C17H22ClN3O2/c1-20(15-5-2-12(11-22)3-6-15)10-14-8-17(23)21-9-13(18)4-7-16(21)19-14/h4,7-9,12,15,22H,2-3,5-6,10-11H2,1H3. The molecule has 0 amide bonds. The number of fused-ring (bicyclic) bond motifs is 1. The van der Waals surface area contributed by atoms with Gasteiger partial charge in [-0.25, -0.2) is 4.98 Å². The maximum atomic E-state index is 12.2. The van der Waals surface area contributed by atoms with Gasteiger partial charge in [-0.1, -0.05) is 11.6 Å². The first kappa shape index (κ1) is 16.4. The van der Waals surface area contributed by atoms with E-state index in [0.717, 1.165) is 31.4 Å². The van der Waals surface area contributed by atoms with E-state index in [1.807, 2.05) is 0 Å². The van der Waals surface area contributed by atoms with Gasteiger partial charge < -0.3 is 5.11 Å². The van der Waals surface area contributed by atoms with Crippen molar-refractivity contribution >= 4 is 17.2 Å². The van der Waals surface area contributed by atoms with Crippen LogP contribution in [0.1, 0.15) is 31.4 Å². The van der Waals surface area contributed by atoms with Crippen LogP contribution in [0.4, 0.5) is 0 Å². The molecule has 0 unspecified atom stereocenters. The Hall–Kier alpha value is -1.43. The molecule has 0 aliphatic heterocycles. The third-order valence-electron chi connectivity index (χ3n) is 4.79. The third kappa shape index (κ3) is 3.74. The van der Waals surface area contributed by atoms with Gasteiger partial charge in [0.2, 0.25) is 0 Å². The highest BCUT2D eigenvalue weighted by atomic mass is 35.5. The van der Waals surface area contributed by atoms with Crippen LogP contribution in [-0.2, 0) is 6.54 Å². The maximum absolute atomic E-state index is 12.2. The number of nitrogens with zero attached hydrogens (tertiary/aromatic N) is 3. The van der Waals surface area contributed by atoms with Crippen molar-refractivity contribution in [3.8, 4) is 0 Å². The number of rotatable bonds is 4. The monoisotopic (exact) mass is 335 g/mol. The summed E-state index contributed by atoms with van der Waals surface area (Å²) in [4.78, 5) is 19.0. The lowest BCUT2D eigenvalue weighted by molar-refractivity contribution is 0.123. The Morgan fingerprint density at radius 3 is 2.78 bits per heavy atom. The van der Waals surface area contributed by atoms with E-state index >= 15 is 0 Å². The van der Waals surface area contributed by atoms with Gasteiger partial charge in [0, 0.05) is 31.5 Å². The molecule has 23 heavy (non-hydrogen) atoms. The van der Waals surface area contributed by atoms with Crippen LogP contribution in [0.15, 0.2) is 29.2 Å². The summed E-state index contributed by atoms with van der Waals surface area (Å²) in [5.41, 5.74) is 1.29. The third-order valence-corrected chi connectivity index (χ3v) is 5.01. The Balaban J connectivity index is 1.74. The highest BCUT2D eigenvalue weighted by Crippen LogP contribution is 2.27. The Morgan fingerprint density at radius 2 is 2.09 bits per heavy atom. The van der Waals surface area contributed by atoms with Crippen molar-refractivity contribution in [2.24, 2.45) is 5.92 Å². The molecule has 0 atom stereocenters. The van der Waals surface area contributed by atoms with Crippen molar-refractivity contribution in [1.82, 2.24) is 14.3 Å². The molecule has 0 aromatic carbocycles. The minimum Gasteiger partial charge on any atom is -0.396 e. The van der Waals surface area contributed by atoms with Gasteiger partial charge in [0.15, 0.2) is 0 Å². The number of aliphatic hydroxyl groups excluding tert-OH is 1. The molecule has 0 bridgehead atoms. The molecule has 1 aliphatic rings. The van der Waals surface area contributed by atoms with Crippen LogP contribution < -0.4 is 5.56 Å². The quantitative estimate of drug-likeness (QED) is 0.931. The molecule has 2 aromatic heterocycles. The molecule has 2 aromatic rings. The summed E-state index contributed by atoms with van der Waals surface area (Å²) < 4.78 is 1.47. The van der Waals surface area contributed by atoms with Crippen molar-refractivity contribution in [3.05, 3.63) is 45.5 Å². The molecule has 0 saturated heterocycles. The molecule has 6 heteroatoms.